The minimum Gasteiger partial charge on any atom is -0.375 e. The van der Waals surface area contributed by atoms with Crippen LogP contribution in [0.3, 0.4) is 0 Å². The molecule has 2 aromatic rings. The highest BCUT2D eigenvalue weighted by Crippen LogP contribution is 2.29. The van der Waals surface area contributed by atoms with Crippen molar-refractivity contribution in [2.45, 2.75) is 104 Å². The van der Waals surface area contributed by atoms with Gasteiger partial charge in [-0.15, -0.1) is 0 Å². The van der Waals surface area contributed by atoms with E-state index >= 15 is 0 Å². The number of carbonyl (C=O) groups excluding carboxylic acids is 1. The molecule has 0 amide bonds. The number of hydrogen-bond acceptors (Lipinski definition) is 3. The van der Waals surface area contributed by atoms with Gasteiger partial charge in [0.05, 0.1) is 6.04 Å². The fourth-order valence-electron chi connectivity index (χ4n) is 3.72. The van der Waals surface area contributed by atoms with Gasteiger partial charge in [-0.1, -0.05) is 109 Å². The zero-order valence-corrected chi connectivity index (χ0v) is 25.0. The summed E-state index contributed by atoms with van der Waals surface area (Å²) in [5.74, 6) is 1.01. The molecular weight excluding hydrogens is 503 g/mol. The topological polar surface area (TPSA) is 29.1 Å². The van der Waals surface area contributed by atoms with Crippen LogP contribution in [0.5, 0.6) is 0 Å². The van der Waals surface area contributed by atoms with E-state index in [4.69, 9.17) is 0 Å². The van der Waals surface area contributed by atoms with Crippen LogP contribution in [0.1, 0.15) is 96.8 Å². The van der Waals surface area contributed by atoms with E-state index in [0.717, 1.165) is 30.4 Å². The molecule has 6 heteroatoms. The number of halogens is 3. The van der Waals surface area contributed by atoms with Crippen LogP contribution in [0.4, 0.5) is 13.2 Å². The average Bonchev–Trinajstić information content (AvgIpc) is 2.94. The van der Waals surface area contributed by atoms with Gasteiger partial charge in [-0.3, -0.25) is 4.79 Å². The van der Waals surface area contributed by atoms with E-state index in [1.807, 2.05) is 45.5 Å². The van der Waals surface area contributed by atoms with Crippen LogP contribution in [0.2, 0.25) is 0 Å². The van der Waals surface area contributed by atoms with Gasteiger partial charge in [0.1, 0.15) is 0 Å². The SMILES string of the molecule is C=C(NC(CSC1CCCCC1)C(C)=O)c1cccc(Cc2ccccc2)c1.CC.CC.CCC(F)(F)F. The lowest BCUT2D eigenvalue weighted by Crippen LogP contribution is -2.36. The van der Waals surface area contributed by atoms with Crippen molar-refractivity contribution in [3.05, 3.63) is 77.9 Å². The first-order valence-corrected chi connectivity index (χ1v) is 15.0. The highest BCUT2D eigenvalue weighted by molar-refractivity contribution is 8.00. The van der Waals surface area contributed by atoms with Crippen LogP contribution in [0.25, 0.3) is 5.70 Å². The largest absolute Gasteiger partial charge is 0.388 e. The molecule has 1 saturated carbocycles. The van der Waals surface area contributed by atoms with Gasteiger partial charge in [-0.25, -0.2) is 0 Å². The molecular formula is C32H48F3NOS. The third kappa shape index (κ3) is 15.9. The lowest BCUT2D eigenvalue weighted by atomic mass is 10.0. The Morgan fingerprint density at radius 1 is 0.974 bits per heavy atom. The maximum Gasteiger partial charge on any atom is 0.388 e. The second-order valence-electron chi connectivity index (χ2n) is 8.71. The molecule has 3 rings (SSSR count). The van der Waals surface area contributed by atoms with Crippen LogP contribution in [-0.4, -0.2) is 29.0 Å². The van der Waals surface area contributed by atoms with E-state index in [9.17, 15) is 18.0 Å². The van der Waals surface area contributed by atoms with Gasteiger partial charge in [0, 0.05) is 23.1 Å². The number of rotatable bonds is 9. The highest BCUT2D eigenvalue weighted by atomic mass is 32.2. The number of thioether (sulfide) groups is 1. The van der Waals surface area contributed by atoms with Crippen molar-refractivity contribution < 1.29 is 18.0 Å². The fourth-order valence-corrected chi connectivity index (χ4v) is 5.17. The molecule has 0 bridgehead atoms. The first kappa shape index (κ1) is 35.8. The molecule has 0 saturated heterocycles. The van der Waals surface area contributed by atoms with E-state index < -0.39 is 12.6 Å². The second kappa shape index (κ2) is 20.7. The molecule has 0 radical (unpaired) electrons. The third-order valence-electron chi connectivity index (χ3n) is 5.82. The zero-order chi connectivity index (χ0) is 29.0. The van der Waals surface area contributed by atoms with Crippen molar-refractivity contribution >= 4 is 23.2 Å². The normalized spacial score (nSPS) is 13.8. The maximum atomic E-state index is 12.2. The predicted octanol–water partition coefficient (Wildman–Crippen LogP) is 9.87. The first-order valence-electron chi connectivity index (χ1n) is 14.0. The molecule has 0 heterocycles. The van der Waals surface area contributed by atoms with E-state index in [-0.39, 0.29) is 11.8 Å². The molecule has 214 valence electrons. The predicted molar refractivity (Wildman–Crippen MR) is 161 cm³/mol. The molecule has 1 fully saturated rings. The Morgan fingerprint density at radius 3 is 2.05 bits per heavy atom. The summed E-state index contributed by atoms with van der Waals surface area (Å²) < 4.78 is 32.4. The van der Waals surface area contributed by atoms with E-state index in [1.54, 1.807) is 6.92 Å². The minimum absolute atomic E-state index is 0.169. The molecule has 1 atom stereocenters. The summed E-state index contributed by atoms with van der Waals surface area (Å²) in [6.45, 7) is 15.0. The van der Waals surface area contributed by atoms with Crippen molar-refractivity contribution in [3.63, 3.8) is 0 Å². The summed E-state index contributed by atoms with van der Waals surface area (Å²) in [7, 11) is 0. The van der Waals surface area contributed by atoms with E-state index in [1.165, 1.54) is 43.2 Å². The summed E-state index contributed by atoms with van der Waals surface area (Å²) in [6, 6.07) is 18.8. The van der Waals surface area contributed by atoms with E-state index in [0.29, 0.717) is 5.25 Å². The number of hydrogen-bond donors (Lipinski definition) is 1. The third-order valence-corrected chi connectivity index (χ3v) is 7.29. The molecule has 1 aliphatic carbocycles. The van der Waals surface area contributed by atoms with Crippen LogP contribution >= 0.6 is 11.8 Å². The summed E-state index contributed by atoms with van der Waals surface area (Å²) in [5, 5.41) is 4.11. The van der Waals surface area contributed by atoms with Gasteiger partial charge in [0.2, 0.25) is 0 Å². The number of Topliss-reactive ketones (excluding diaryl/α,β-unsaturated/α-hetero) is 1. The molecule has 0 aromatic heterocycles. The second-order valence-corrected chi connectivity index (χ2v) is 10.0. The highest BCUT2D eigenvalue weighted by Gasteiger charge is 2.22. The Bertz CT molecular complexity index is 893. The standard InChI is InChI=1S/C25H31NOS.C3H5F3.2C2H6/c1-19(26-25(20(2)27)18-28-24-14-7-4-8-15-24)23-13-9-12-22(17-23)16-21-10-5-3-6-11-21;1-2-3(4,5)6;2*1-2/h3,5-6,9-13,17,24-26H,1,4,7-8,14-16,18H2,2H3;2H2,1H3;2*1-2H3. The van der Waals surface area contributed by atoms with Crippen LogP contribution in [-0.2, 0) is 11.2 Å². The van der Waals surface area contributed by atoms with Gasteiger partial charge >= 0.3 is 6.18 Å². The average molecular weight is 552 g/mol. The van der Waals surface area contributed by atoms with Crippen molar-refractivity contribution in [1.29, 1.82) is 0 Å². The number of alkyl halides is 3. The summed E-state index contributed by atoms with van der Waals surface area (Å²) in [5.41, 5.74) is 4.44. The number of benzene rings is 2. The molecule has 2 nitrogen and oxygen atoms in total. The lowest BCUT2D eigenvalue weighted by molar-refractivity contribution is -0.130. The first-order chi connectivity index (χ1) is 18.2. The number of ketones is 1. The number of nitrogens with one attached hydrogen (secondary N) is 1. The monoisotopic (exact) mass is 551 g/mol. The van der Waals surface area contributed by atoms with Crippen LogP contribution in [0.15, 0.2) is 61.2 Å². The molecule has 2 aromatic carbocycles. The van der Waals surface area contributed by atoms with Gasteiger partial charge in [0.15, 0.2) is 5.78 Å². The van der Waals surface area contributed by atoms with Crippen LogP contribution in [0, 0.1) is 0 Å². The molecule has 1 aliphatic rings. The minimum atomic E-state index is -3.96. The van der Waals surface area contributed by atoms with Crippen molar-refractivity contribution in [1.82, 2.24) is 5.32 Å². The van der Waals surface area contributed by atoms with Gasteiger partial charge in [-0.2, -0.15) is 24.9 Å². The van der Waals surface area contributed by atoms with Gasteiger partial charge in [-0.05, 0) is 48.9 Å². The summed E-state index contributed by atoms with van der Waals surface area (Å²) >= 11 is 1.95. The molecule has 1 N–H and O–H groups in total. The number of carbonyl (C=O) groups is 1. The molecule has 1 unspecified atom stereocenters. The summed E-state index contributed by atoms with van der Waals surface area (Å²) in [6.07, 6.45) is 2.81. The van der Waals surface area contributed by atoms with Gasteiger partial charge < -0.3 is 5.32 Å². The van der Waals surface area contributed by atoms with Gasteiger partial charge in [0.25, 0.3) is 0 Å². The van der Waals surface area contributed by atoms with Crippen molar-refractivity contribution in [2.24, 2.45) is 0 Å². The Balaban J connectivity index is 0.00000119. The quantitative estimate of drug-likeness (QED) is 0.336. The lowest BCUT2D eigenvalue weighted by Gasteiger charge is -2.24. The Hall–Kier alpha value is -2.21. The molecule has 0 spiro atoms. The molecule has 38 heavy (non-hydrogen) atoms. The maximum absolute atomic E-state index is 12.2. The molecule has 0 aliphatic heterocycles. The van der Waals surface area contributed by atoms with Crippen molar-refractivity contribution in [2.75, 3.05) is 5.75 Å². The Morgan fingerprint density at radius 2 is 1.53 bits per heavy atom. The Labute approximate surface area is 233 Å². The van der Waals surface area contributed by atoms with Crippen molar-refractivity contribution in [3.8, 4) is 0 Å². The summed E-state index contributed by atoms with van der Waals surface area (Å²) in [4.78, 5) is 12.2. The fraction of sp³-hybridized carbons (Fsp3) is 0.531. The van der Waals surface area contributed by atoms with E-state index in [2.05, 4.69) is 60.4 Å². The zero-order valence-electron chi connectivity index (χ0n) is 24.2. The van der Waals surface area contributed by atoms with Crippen LogP contribution < -0.4 is 5.32 Å². The smallest absolute Gasteiger partial charge is 0.375 e. The Kier molecular flexibility index (Phi) is 19.5.